The van der Waals surface area contributed by atoms with Crippen molar-refractivity contribution in [2.45, 2.75) is 19.9 Å². The summed E-state index contributed by atoms with van der Waals surface area (Å²) in [6.07, 6.45) is 0. The summed E-state index contributed by atoms with van der Waals surface area (Å²) in [6, 6.07) is 3.71. The van der Waals surface area contributed by atoms with E-state index >= 15 is 0 Å². The van der Waals surface area contributed by atoms with Gasteiger partial charge in [0.1, 0.15) is 11.5 Å². The SMILES string of the molecule is CN[C@@H](C)c1cc(OC)c(C)cc1O. The molecule has 1 rings (SSSR count). The van der Waals surface area contributed by atoms with Crippen LogP contribution in [-0.4, -0.2) is 19.3 Å². The lowest BCUT2D eigenvalue weighted by atomic mass is 10.0. The predicted octanol–water partition coefficient (Wildman–Crippen LogP) is 1.99. The summed E-state index contributed by atoms with van der Waals surface area (Å²) in [5.74, 6) is 1.12. The number of rotatable bonds is 3. The van der Waals surface area contributed by atoms with E-state index in [1.54, 1.807) is 13.2 Å². The Hall–Kier alpha value is -1.22. The van der Waals surface area contributed by atoms with Gasteiger partial charge in [0.2, 0.25) is 0 Å². The first kappa shape index (κ1) is 10.9. The molecule has 78 valence electrons. The lowest BCUT2D eigenvalue weighted by molar-refractivity contribution is 0.405. The highest BCUT2D eigenvalue weighted by atomic mass is 16.5. The summed E-state index contributed by atoms with van der Waals surface area (Å²) in [5, 5.41) is 12.8. The van der Waals surface area contributed by atoms with Gasteiger partial charge < -0.3 is 15.2 Å². The van der Waals surface area contributed by atoms with Gasteiger partial charge in [0, 0.05) is 11.6 Å². The number of hydrogen-bond donors (Lipinski definition) is 2. The largest absolute Gasteiger partial charge is 0.508 e. The van der Waals surface area contributed by atoms with Gasteiger partial charge in [0.15, 0.2) is 0 Å². The van der Waals surface area contributed by atoms with Crippen LogP contribution in [0.3, 0.4) is 0 Å². The van der Waals surface area contributed by atoms with Crippen molar-refractivity contribution in [3.05, 3.63) is 23.3 Å². The molecule has 0 radical (unpaired) electrons. The van der Waals surface area contributed by atoms with E-state index in [2.05, 4.69) is 5.32 Å². The van der Waals surface area contributed by atoms with Gasteiger partial charge in [-0.2, -0.15) is 0 Å². The number of benzene rings is 1. The Morgan fingerprint density at radius 1 is 1.43 bits per heavy atom. The number of phenolic OH excluding ortho intramolecular Hbond substituents is 1. The molecule has 3 heteroatoms. The predicted molar refractivity (Wildman–Crippen MR) is 56.9 cm³/mol. The van der Waals surface area contributed by atoms with Gasteiger partial charge in [0.05, 0.1) is 7.11 Å². The molecule has 14 heavy (non-hydrogen) atoms. The molecular weight excluding hydrogens is 178 g/mol. The zero-order valence-corrected chi connectivity index (χ0v) is 9.09. The van der Waals surface area contributed by atoms with Crippen molar-refractivity contribution in [2.75, 3.05) is 14.2 Å². The van der Waals surface area contributed by atoms with Gasteiger partial charge in [-0.15, -0.1) is 0 Å². The molecule has 0 unspecified atom stereocenters. The van der Waals surface area contributed by atoms with E-state index < -0.39 is 0 Å². The molecule has 0 fully saturated rings. The average molecular weight is 195 g/mol. The maximum absolute atomic E-state index is 9.72. The maximum Gasteiger partial charge on any atom is 0.122 e. The Balaban J connectivity index is 3.17. The molecule has 0 aliphatic heterocycles. The quantitative estimate of drug-likeness (QED) is 0.775. The molecule has 1 aromatic rings. The second-order valence-electron chi connectivity index (χ2n) is 3.39. The first-order valence-electron chi connectivity index (χ1n) is 4.65. The van der Waals surface area contributed by atoms with Crippen LogP contribution < -0.4 is 10.1 Å². The van der Waals surface area contributed by atoms with Gasteiger partial charge >= 0.3 is 0 Å². The number of hydrogen-bond acceptors (Lipinski definition) is 3. The molecule has 0 bridgehead atoms. The molecule has 0 amide bonds. The van der Waals surface area contributed by atoms with Gasteiger partial charge in [-0.3, -0.25) is 0 Å². The summed E-state index contributed by atoms with van der Waals surface area (Å²) in [4.78, 5) is 0. The minimum absolute atomic E-state index is 0.115. The van der Waals surface area contributed by atoms with Gasteiger partial charge in [-0.1, -0.05) is 0 Å². The zero-order valence-electron chi connectivity index (χ0n) is 9.09. The zero-order chi connectivity index (χ0) is 10.7. The van der Waals surface area contributed by atoms with Crippen LogP contribution in [0.4, 0.5) is 0 Å². The molecule has 1 aromatic carbocycles. The number of aromatic hydroxyl groups is 1. The van der Waals surface area contributed by atoms with E-state index in [1.165, 1.54) is 0 Å². The third kappa shape index (κ3) is 1.99. The Kier molecular flexibility index (Phi) is 3.36. The third-order valence-corrected chi connectivity index (χ3v) is 2.44. The summed E-state index contributed by atoms with van der Waals surface area (Å²) in [6.45, 7) is 3.90. The topological polar surface area (TPSA) is 41.5 Å². The minimum Gasteiger partial charge on any atom is -0.508 e. The van der Waals surface area contributed by atoms with Crippen LogP contribution in [0.5, 0.6) is 11.5 Å². The maximum atomic E-state index is 9.72. The van der Waals surface area contributed by atoms with E-state index in [1.807, 2.05) is 27.0 Å². The Labute approximate surface area is 84.7 Å². The van der Waals surface area contributed by atoms with Crippen LogP contribution in [-0.2, 0) is 0 Å². The molecule has 0 aliphatic carbocycles. The molecular formula is C11H17NO2. The monoisotopic (exact) mass is 195 g/mol. The smallest absolute Gasteiger partial charge is 0.122 e. The molecule has 0 saturated heterocycles. The fourth-order valence-electron chi connectivity index (χ4n) is 1.41. The molecule has 0 aliphatic rings. The van der Waals surface area contributed by atoms with Crippen molar-refractivity contribution in [3.63, 3.8) is 0 Å². The second-order valence-corrected chi connectivity index (χ2v) is 3.39. The summed E-state index contributed by atoms with van der Waals surface area (Å²) < 4.78 is 5.20. The summed E-state index contributed by atoms with van der Waals surface area (Å²) in [7, 11) is 3.49. The first-order valence-corrected chi connectivity index (χ1v) is 4.65. The molecule has 0 heterocycles. The molecule has 3 nitrogen and oxygen atoms in total. The van der Waals surface area contributed by atoms with Crippen LogP contribution in [0.25, 0.3) is 0 Å². The van der Waals surface area contributed by atoms with Crippen molar-refractivity contribution in [2.24, 2.45) is 0 Å². The Bertz CT molecular complexity index is 323. The van der Waals surface area contributed by atoms with E-state index in [9.17, 15) is 5.11 Å². The van der Waals surface area contributed by atoms with Crippen molar-refractivity contribution in [1.82, 2.24) is 5.32 Å². The fourth-order valence-corrected chi connectivity index (χ4v) is 1.41. The summed E-state index contributed by atoms with van der Waals surface area (Å²) >= 11 is 0. The van der Waals surface area contributed by atoms with Gasteiger partial charge in [0.25, 0.3) is 0 Å². The summed E-state index contributed by atoms with van der Waals surface area (Å²) in [5.41, 5.74) is 1.80. The van der Waals surface area contributed by atoms with E-state index in [0.29, 0.717) is 5.75 Å². The van der Waals surface area contributed by atoms with Crippen LogP contribution in [0, 0.1) is 6.92 Å². The number of phenols is 1. The van der Waals surface area contributed by atoms with Crippen LogP contribution in [0.15, 0.2) is 12.1 Å². The van der Waals surface area contributed by atoms with E-state index in [4.69, 9.17) is 4.74 Å². The fraction of sp³-hybridized carbons (Fsp3) is 0.455. The molecule has 0 saturated carbocycles. The van der Waals surface area contributed by atoms with E-state index in [0.717, 1.165) is 16.9 Å². The Morgan fingerprint density at radius 3 is 2.57 bits per heavy atom. The third-order valence-electron chi connectivity index (χ3n) is 2.44. The van der Waals surface area contributed by atoms with Crippen molar-refractivity contribution in [3.8, 4) is 11.5 Å². The molecule has 0 aromatic heterocycles. The van der Waals surface area contributed by atoms with Gasteiger partial charge in [-0.05, 0) is 38.6 Å². The van der Waals surface area contributed by atoms with Crippen molar-refractivity contribution >= 4 is 0 Å². The Morgan fingerprint density at radius 2 is 2.07 bits per heavy atom. The second kappa shape index (κ2) is 4.33. The number of aryl methyl sites for hydroxylation is 1. The molecule has 0 spiro atoms. The van der Waals surface area contributed by atoms with Crippen molar-refractivity contribution in [1.29, 1.82) is 0 Å². The highest BCUT2D eigenvalue weighted by Gasteiger charge is 2.11. The number of nitrogens with one attached hydrogen (secondary N) is 1. The standard InChI is InChI=1S/C11H17NO2/c1-7-5-10(13)9(8(2)12-3)6-11(7)14-4/h5-6,8,12-13H,1-4H3/t8-/m0/s1. The normalized spacial score (nSPS) is 12.6. The molecule has 1 atom stereocenters. The van der Waals surface area contributed by atoms with Crippen molar-refractivity contribution < 1.29 is 9.84 Å². The molecule has 2 N–H and O–H groups in total. The number of methoxy groups -OCH3 is 1. The van der Waals surface area contributed by atoms with Gasteiger partial charge in [-0.25, -0.2) is 0 Å². The highest BCUT2D eigenvalue weighted by molar-refractivity contribution is 5.46. The van der Waals surface area contributed by atoms with E-state index in [-0.39, 0.29) is 6.04 Å². The van der Waals surface area contributed by atoms with Crippen LogP contribution in [0.2, 0.25) is 0 Å². The lowest BCUT2D eigenvalue weighted by Gasteiger charge is -2.15. The highest BCUT2D eigenvalue weighted by Crippen LogP contribution is 2.31. The minimum atomic E-state index is 0.115. The lowest BCUT2D eigenvalue weighted by Crippen LogP contribution is -2.12. The number of ether oxygens (including phenoxy) is 1. The average Bonchev–Trinajstić information content (AvgIpc) is 2.17. The van der Waals surface area contributed by atoms with Crippen LogP contribution >= 0.6 is 0 Å². The van der Waals surface area contributed by atoms with Crippen LogP contribution in [0.1, 0.15) is 24.1 Å². The first-order chi connectivity index (χ1) is 6.60.